The van der Waals surface area contributed by atoms with Gasteiger partial charge in [0, 0.05) is 37.6 Å². The maximum atomic E-state index is 14.5. The largest absolute Gasteiger partial charge is 0.481 e. The van der Waals surface area contributed by atoms with Crippen LogP contribution in [-0.4, -0.2) is 257 Å². The van der Waals surface area contributed by atoms with Crippen LogP contribution in [0.2, 0.25) is 0 Å². The molecule has 110 heavy (non-hydrogen) atoms. The molecule has 17 atom stereocenters. The molecule has 42 heteroatoms. The van der Waals surface area contributed by atoms with E-state index in [4.69, 9.17) is 22.9 Å². The van der Waals surface area contributed by atoms with Crippen molar-refractivity contribution in [1.29, 1.82) is 0 Å². The van der Waals surface area contributed by atoms with Gasteiger partial charge in [0.1, 0.15) is 84.6 Å². The van der Waals surface area contributed by atoms with E-state index in [1.807, 2.05) is 0 Å². The number of carbonyl (C=O) groups excluding carboxylic acids is 15. The van der Waals surface area contributed by atoms with Crippen LogP contribution in [0.4, 0.5) is 0 Å². The van der Waals surface area contributed by atoms with Gasteiger partial charge in [-0.25, -0.2) is 9.78 Å². The first kappa shape index (κ1) is 98.0. The SMILES string of the molecule is CC(C)C[C@H](NC(=O)[C@H](CCC(N)=O)NC(=O)[C@@H](NC(=O)[C@H](CC(C)C)NC(=O)[C@H](CCCCN)NC(=O)[C@H](Cc1cnc[nH]1)NC(=O)[C@@H](N)CO)C(C)C)C(=O)N[C@@H](CC(C)C)C(=O)N[C@H](C(=O)N[C@H](C(=O)N[C@H](C(=O)N[C@@H](C)C(=O)N[C@@H](CCC(=O)O)C(=O)N[C@@H](CCC(N)=O)C(=O)O)[C@@H](C)O)[C@@H](C)O)[C@@H](C)O. The van der Waals surface area contributed by atoms with Crippen LogP contribution < -0.4 is 92.1 Å². The van der Waals surface area contributed by atoms with Crippen LogP contribution in [0, 0.1) is 23.7 Å². The molecule has 0 aromatic carbocycles. The number of aromatic nitrogens is 2. The summed E-state index contributed by atoms with van der Waals surface area (Å²) < 4.78 is 0. The van der Waals surface area contributed by atoms with Crippen LogP contribution >= 0.6 is 0 Å². The summed E-state index contributed by atoms with van der Waals surface area (Å²) in [5, 5.41) is 92.0. The zero-order valence-electron chi connectivity index (χ0n) is 64.3. The van der Waals surface area contributed by atoms with Crippen LogP contribution in [0.5, 0.6) is 0 Å². The van der Waals surface area contributed by atoms with Gasteiger partial charge in [-0.2, -0.15) is 0 Å². The molecule has 0 bridgehead atoms. The number of aromatic amines is 1. The first-order valence-corrected chi connectivity index (χ1v) is 36.3. The number of nitrogens with zero attached hydrogens (tertiary/aromatic N) is 1. The average Bonchev–Trinajstić information content (AvgIpc) is 0.862. The van der Waals surface area contributed by atoms with Gasteiger partial charge in [-0.05, 0) is 116 Å². The third kappa shape index (κ3) is 36.4. The summed E-state index contributed by atoms with van der Waals surface area (Å²) in [6.07, 6.45) is -5.55. The quantitative estimate of drug-likeness (QED) is 0.0269. The molecule has 0 saturated heterocycles. The molecule has 0 aliphatic carbocycles. The molecule has 0 unspecified atom stereocenters. The zero-order chi connectivity index (χ0) is 84.1. The van der Waals surface area contributed by atoms with Gasteiger partial charge in [0.05, 0.1) is 31.2 Å². The standard InChI is InChI=1S/C68H117N19O23/c1-30(2)23-44(81-59(100)41(16-19-48(71)92)78-64(105)51(33(7)8)84-62(103)45(24-31(3)4)82-57(98)40(15-13-14-22-69)77-61(102)47(26-38-27-73-29-74-38)80-56(97)39(70)28-88)60(101)83-46(25-32(5)6)63(104)85-53(36(11)90)66(107)87-54(37(12)91)67(108)86-52(35(10)89)65(106)75-34(9)55(96)76-42(18-21-50(94)95)58(99)79-43(68(109)110)17-20-49(72)93/h27,29-37,39-47,51-54,88-91H,13-26,28,69-70H2,1-12H3,(H2,71,92)(H2,72,93)(H,73,74)(H,75,106)(H,76,96)(H,77,102)(H,78,105)(H,79,99)(H,80,97)(H,81,100)(H,82,98)(H,83,101)(H,84,103)(H,85,104)(H,86,108)(H,87,107)(H,94,95)(H,109,110)/t34-,35+,36+,37+,39-,40-,41-,42-,43-,44-,45-,46-,47-,51-,52-,53-,54-/m0/s1. The molecule has 15 amide bonds. The number of nitrogens with two attached hydrogens (primary N) is 4. The second kappa shape index (κ2) is 49.2. The number of nitrogens with one attached hydrogen (secondary N) is 14. The van der Waals surface area contributed by atoms with Gasteiger partial charge in [-0.3, -0.25) is 76.7 Å². The van der Waals surface area contributed by atoms with Crippen molar-refractivity contribution in [2.45, 2.75) is 269 Å². The summed E-state index contributed by atoms with van der Waals surface area (Å²) in [5.74, 6) is -20.4. The number of H-pyrrole nitrogens is 1. The number of carbonyl (C=O) groups is 17. The highest BCUT2D eigenvalue weighted by molar-refractivity contribution is 6.00. The Morgan fingerprint density at radius 1 is 0.400 bits per heavy atom. The van der Waals surface area contributed by atoms with Crippen molar-refractivity contribution in [1.82, 2.24) is 79.1 Å². The fourth-order valence-corrected chi connectivity index (χ4v) is 10.7. The molecule has 0 aliphatic heterocycles. The number of amides is 15. The van der Waals surface area contributed by atoms with Crippen LogP contribution in [0.1, 0.15) is 166 Å². The van der Waals surface area contributed by atoms with Crippen molar-refractivity contribution in [3.63, 3.8) is 0 Å². The summed E-state index contributed by atoms with van der Waals surface area (Å²) in [4.78, 5) is 235. The Morgan fingerprint density at radius 3 is 1.10 bits per heavy atom. The Hall–Kier alpha value is -10.0. The number of aliphatic hydroxyl groups excluding tert-OH is 4. The highest BCUT2D eigenvalue weighted by Crippen LogP contribution is 2.16. The van der Waals surface area contributed by atoms with Crippen LogP contribution in [0.15, 0.2) is 12.5 Å². The lowest BCUT2D eigenvalue weighted by Gasteiger charge is -2.30. The highest BCUT2D eigenvalue weighted by atomic mass is 16.4. The van der Waals surface area contributed by atoms with Gasteiger partial charge in [-0.15, -0.1) is 0 Å². The lowest BCUT2D eigenvalue weighted by atomic mass is 9.98. The van der Waals surface area contributed by atoms with Gasteiger partial charge in [-0.1, -0.05) is 55.4 Å². The number of carboxylic acids is 2. The summed E-state index contributed by atoms with van der Waals surface area (Å²) in [6, 6.07) is -22.6. The van der Waals surface area contributed by atoms with Crippen LogP contribution in [-0.2, 0) is 87.9 Å². The van der Waals surface area contributed by atoms with Gasteiger partial charge in [0.25, 0.3) is 0 Å². The van der Waals surface area contributed by atoms with E-state index < -0.39 is 260 Å². The zero-order valence-corrected chi connectivity index (χ0v) is 64.3. The lowest BCUT2D eigenvalue weighted by Crippen LogP contribution is -2.64. The fourth-order valence-electron chi connectivity index (χ4n) is 10.7. The van der Waals surface area contributed by atoms with Crippen LogP contribution in [0.3, 0.4) is 0 Å². The minimum atomic E-state index is -2.04. The monoisotopic (exact) mass is 1570 g/mol. The van der Waals surface area contributed by atoms with Gasteiger partial charge < -0.3 is 128 Å². The Labute approximate surface area is 637 Å². The molecule has 1 aromatic rings. The number of rotatable bonds is 53. The number of hydrogen-bond acceptors (Lipinski definition) is 24. The van der Waals surface area contributed by atoms with E-state index >= 15 is 0 Å². The molecular weight excluding hydrogens is 1450 g/mol. The normalized spacial score (nSPS) is 16.0. The molecule has 1 heterocycles. The molecule has 0 saturated carbocycles. The molecule has 42 nitrogen and oxygen atoms in total. The maximum absolute atomic E-state index is 14.5. The second-order valence-corrected chi connectivity index (χ2v) is 28.7. The molecule has 0 aliphatic rings. The van der Waals surface area contributed by atoms with Gasteiger partial charge in [0.15, 0.2) is 0 Å². The lowest BCUT2D eigenvalue weighted by molar-refractivity contribution is -0.143. The Bertz CT molecular complexity index is 3260. The van der Waals surface area contributed by atoms with Crippen molar-refractivity contribution >= 4 is 101 Å². The van der Waals surface area contributed by atoms with E-state index in [9.17, 15) is 112 Å². The minimum Gasteiger partial charge on any atom is -0.481 e. The van der Waals surface area contributed by atoms with Crippen molar-refractivity contribution in [3.8, 4) is 0 Å². The molecule has 28 N–H and O–H groups in total. The van der Waals surface area contributed by atoms with Crippen molar-refractivity contribution in [3.05, 3.63) is 18.2 Å². The number of aliphatic carboxylic acids is 2. The summed E-state index contributed by atoms with van der Waals surface area (Å²) in [6.45, 7) is 17.0. The molecule has 0 spiro atoms. The van der Waals surface area contributed by atoms with E-state index in [2.05, 4.69) is 79.1 Å². The number of unbranched alkanes of at least 4 members (excludes halogenated alkanes) is 1. The van der Waals surface area contributed by atoms with Gasteiger partial charge >= 0.3 is 11.9 Å². The highest BCUT2D eigenvalue weighted by Gasteiger charge is 2.40. The third-order valence-corrected chi connectivity index (χ3v) is 16.8. The van der Waals surface area contributed by atoms with E-state index in [1.165, 1.54) is 12.5 Å². The molecule has 0 radical (unpaired) electrons. The van der Waals surface area contributed by atoms with Gasteiger partial charge in [0.2, 0.25) is 88.6 Å². The van der Waals surface area contributed by atoms with Crippen molar-refractivity contribution < 1.29 is 112 Å². The molecule has 622 valence electrons. The minimum absolute atomic E-state index is 0.00789. The Kier molecular flexibility index (Phi) is 43.8. The second-order valence-electron chi connectivity index (χ2n) is 28.7. The molecule has 1 aromatic heterocycles. The Morgan fingerprint density at radius 2 is 0.727 bits per heavy atom. The number of aliphatic hydroxyl groups is 4. The van der Waals surface area contributed by atoms with Crippen molar-refractivity contribution in [2.24, 2.45) is 46.6 Å². The first-order valence-electron chi connectivity index (χ1n) is 36.3. The third-order valence-electron chi connectivity index (χ3n) is 16.8. The average molecular weight is 1570 g/mol. The summed E-state index contributed by atoms with van der Waals surface area (Å²) >= 11 is 0. The molecular formula is C68H117N19O23. The maximum Gasteiger partial charge on any atom is 0.326 e. The predicted octanol–water partition coefficient (Wildman–Crippen LogP) is -7.86. The molecule has 0 fully saturated rings. The topological polar surface area (TPSA) is 701 Å². The molecule has 1 rings (SSSR count). The number of primary amides is 2. The Balaban J connectivity index is 3.53. The smallest absolute Gasteiger partial charge is 0.326 e. The van der Waals surface area contributed by atoms with E-state index in [1.54, 1.807) is 55.4 Å². The number of carboxylic acid groups (broad SMARTS) is 2. The number of hydrogen-bond donors (Lipinski definition) is 24. The van der Waals surface area contributed by atoms with E-state index in [0.717, 1.165) is 27.7 Å². The van der Waals surface area contributed by atoms with Crippen LogP contribution in [0.25, 0.3) is 0 Å². The predicted molar refractivity (Wildman–Crippen MR) is 391 cm³/mol. The fraction of sp³-hybridized carbons (Fsp3) is 0.706. The summed E-state index contributed by atoms with van der Waals surface area (Å²) in [7, 11) is 0. The van der Waals surface area contributed by atoms with E-state index in [-0.39, 0.29) is 50.5 Å². The summed E-state index contributed by atoms with van der Waals surface area (Å²) in [5.41, 5.74) is 22.5. The number of imidazole rings is 1. The van der Waals surface area contributed by atoms with E-state index in [0.29, 0.717) is 18.5 Å². The first-order chi connectivity index (χ1) is 51.2. The van der Waals surface area contributed by atoms with Crippen molar-refractivity contribution in [2.75, 3.05) is 13.2 Å².